The summed E-state index contributed by atoms with van der Waals surface area (Å²) in [5.74, 6) is 0.466. The number of nitrogens with zero attached hydrogens (tertiary/aromatic N) is 4. The lowest BCUT2D eigenvalue weighted by Gasteiger charge is -2.08. The average molecular weight is 360 g/mol. The van der Waals surface area contributed by atoms with Gasteiger partial charge in [0.05, 0.1) is 23.0 Å². The van der Waals surface area contributed by atoms with Gasteiger partial charge in [0.1, 0.15) is 22.6 Å². The summed E-state index contributed by atoms with van der Waals surface area (Å²) in [6, 6.07) is 16.0. The van der Waals surface area contributed by atoms with Gasteiger partial charge in [0.2, 0.25) is 0 Å². The van der Waals surface area contributed by atoms with Crippen LogP contribution in [0.5, 0.6) is 5.75 Å². The molecule has 26 heavy (non-hydrogen) atoms. The van der Waals surface area contributed by atoms with E-state index in [4.69, 9.17) is 4.74 Å². The van der Waals surface area contributed by atoms with Crippen molar-refractivity contribution in [1.29, 1.82) is 10.5 Å². The van der Waals surface area contributed by atoms with Crippen LogP contribution in [0.2, 0.25) is 0 Å². The monoisotopic (exact) mass is 360 g/mol. The van der Waals surface area contributed by atoms with Gasteiger partial charge >= 0.3 is 0 Å². The van der Waals surface area contributed by atoms with Gasteiger partial charge in [-0.2, -0.15) is 10.5 Å². The predicted molar refractivity (Wildman–Crippen MR) is 98.2 cm³/mol. The van der Waals surface area contributed by atoms with Gasteiger partial charge in [0.25, 0.3) is 5.56 Å². The predicted octanol–water partition coefficient (Wildman–Crippen LogP) is 1.33. The van der Waals surface area contributed by atoms with Crippen molar-refractivity contribution >= 4 is 23.0 Å². The van der Waals surface area contributed by atoms with Gasteiger partial charge in [-0.15, -0.1) is 11.3 Å². The van der Waals surface area contributed by atoms with Crippen LogP contribution in [-0.2, 0) is 0 Å². The molecule has 3 rings (SSSR count). The molecule has 3 aromatic rings. The van der Waals surface area contributed by atoms with Gasteiger partial charge in [0, 0.05) is 6.20 Å². The molecule has 0 spiro atoms. The third kappa shape index (κ3) is 3.12. The Hall–Kier alpha value is -3.68. The summed E-state index contributed by atoms with van der Waals surface area (Å²) in [7, 11) is 1.50. The maximum absolute atomic E-state index is 13.0. The van der Waals surface area contributed by atoms with Crippen LogP contribution in [0.15, 0.2) is 53.5 Å². The first-order chi connectivity index (χ1) is 12.7. The second kappa shape index (κ2) is 7.47. The number of para-hydroxylation sites is 2. The van der Waals surface area contributed by atoms with Crippen LogP contribution >= 0.6 is 11.3 Å². The Labute approximate surface area is 152 Å². The Morgan fingerprint density at radius 3 is 2.58 bits per heavy atom. The van der Waals surface area contributed by atoms with Gasteiger partial charge in [-0.05, 0) is 30.3 Å². The Morgan fingerprint density at radius 1 is 1.19 bits per heavy atom. The molecule has 0 saturated heterocycles. The van der Waals surface area contributed by atoms with E-state index < -0.39 is 0 Å². The van der Waals surface area contributed by atoms with E-state index in [1.54, 1.807) is 48.7 Å². The minimum atomic E-state index is -0.344. The van der Waals surface area contributed by atoms with Crippen LogP contribution in [0.4, 0.5) is 0 Å². The molecule has 0 fully saturated rings. The molecule has 0 bridgehead atoms. The summed E-state index contributed by atoms with van der Waals surface area (Å²) in [6.07, 6.45) is 3.26. The van der Waals surface area contributed by atoms with Gasteiger partial charge in [0.15, 0.2) is 5.57 Å². The van der Waals surface area contributed by atoms with E-state index in [1.165, 1.54) is 11.7 Å². The lowest BCUT2D eigenvalue weighted by Crippen LogP contribution is -2.31. The fourth-order valence-electron chi connectivity index (χ4n) is 2.40. The van der Waals surface area contributed by atoms with Crippen LogP contribution in [0.25, 0.3) is 17.3 Å². The highest BCUT2D eigenvalue weighted by atomic mass is 32.1. The normalized spacial score (nSPS) is 10.8. The zero-order valence-electron chi connectivity index (χ0n) is 13.7. The van der Waals surface area contributed by atoms with Crippen molar-refractivity contribution < 1.29 is 4.74 Å². The Bertz CT molecular complexity index is 1200. The zero-order chi connectivity index (χ0) is 18.5. The first kappa shape index (κ1) is 17.2. The molecule has 0 unspecified atom stereocenters. The SMILES string of the molecule is COc1ccccc1-n1c(=C(C#N)C#N)s/c(=C\c2ccccn2)c1=O. The number of benzene rings is 1. The van der Waals surface area contributed by atoms with Crippen LogP contribution in [0, 0.1) is 22.7 Å². The Kier molecular flexibility index (Phi) is 4.93. The van der Waals surface area contributed by atoms with Crippen molar-refractivity contribution in [3.8, 4) is 23.6 Å². The first-order valence-corrected chi connectivity index (χ1v) is 8.33. The van der Waals surface area contributed by atoms with Gasteiger partial charge in [-0.1, -0.05) is 18.2 Å². The summed E-state index contributed by atoms with van der Waals surface area (Å²) < 4.78 is 7.29. The molecule has 126 valence electrons. The van der Waals surface area contributed by atoms with E-state index in [1.807, 2.05) is 18.2 Å². The molecule has 0 aliphatic rings. The topological polar surface area (TPSA) is 91.7 Å². The first-order valence-electron chi connectivity index (χ1n) is 7.52. The number of pyridine rings is 1. The molecular weight excluding hydrogens is 348 g/mol. The molecular formula is C19H12N4O2S. The van der Waals surface area contributed by atoms with Crippen LogP contribution < -0.4 is 19.5 Å². The number of methoxy groups -OCH3 is 1. The summed E-state index contributed by atoms with van der Waals surface area (Å²) in [4.78, 5) is 17.2. The fourth-order valence-corrected chi connectivity index (χ4v) is 3.43. The highest BCUT2D eigenvalue weighted by molar-refractivity contribution is 7.07. The second-order valence-corrected chi connectivity index (χ2v) is 6.11. The van der Waals surface area contributed by atoms with Crippen molar-refractivity contribution in [3.05, 3.63) is 73.9 Å². The highest BCUT2D eigenvalue weighted by Crippen LogP contribution is 2.19. The van der Waals surface area contributed by atoms with Crippen LogP contribution in [-0.4, -0.2) is 16.7 Å². The van der Waals surface area contributed by atoms with Crippen molar-refractivity contribution in [1.82, 2.24) is 9.55 Å². The lowest BCUT2D eigenvalue weighted by atomic mass is 10.3. The molecule has 2 heterocycles. The quantitative estimate of drug-likeness (QED) is 0.703. The number of ether oxygens (including phenoxy) is 1. The van der Waals surface area contributed by atoms with E-state index in [0.717, 1.165) is 11.3 Å². The van der Waals surface area contributed by atoms with Crippen molar-refractivity contribution in [2.24, 2.45) is 0 Å². The molecule has 0 atom stereocenters. The third-order valence-electron chi connectivity index (χ3n) is 3.55. The summed E-state index contributed by atoms with van der Waals surface area (Å²) in [5, 5.41) is 18.6. The number of thiazole rings is 1. The lowest BCUT2D eigenvalue weighted by molar-refractivity contribution is 0.412. The maximum atomic E-state index is 13.0. The zero-order valence-corrected chi connectivity index (χ0v) is 14.5. The fraction of sp³-hybridized carbons (Fsp3) is 0.0526. The number of rotatable bonds is 3. The molecule has 0 saturated carbocycles. The van der Waals surface area contributed by atoms with Gasteiger partial charge < -0.3 is 4.74 Å². The third-order valence-corrected chi connectivity index (χ3v) is 4.65. The van der Waals surface area contributed by atoms with Gasteiger partial charge in [-0.3, -0.25) is 14.3 Å². The number of aromatic nitrogens is 2. The average Bonchev–Trinajstić information content (AvgIpc) is 2.99. The molecule has 7 heteroatoms. The molecule has 0 aliphatic heterocycles. The van der Waals surface area contributed by atoms with E-state index >= 15 is 0 Å². The number of nitriles is 2. The smallest absolute Gasteiger partial charge is 0.273 e. The minimum absolute atomic E-state index is 0.140. The van der Waals surface area contributed by atoms with Crippen molar-refractivity contribution in [3.63, 3.8) is 0 Å². The Morgan fingerprint density at radius 2 is 1.92 bits per heavy atom. The van der Waals surface area contributed by atoms with Gasteiger partial charge in [-0.25, -0.2) is 0 Å². The Balaban J connectivity index is 2.44. The van der Waals surface area contributed by atoms with Crippen LogP contribution in [0.3, 0.4) is 0 Å². The molecule has 0 radical (unpaired) electrons. The number of hydrogen-bond acceptors (Lipinski definition) is 6. The summed E-state index contributed by atoms with van der Waals surface area (Å²) in [6.45, 7) is 0. The van der Waals surface area contributed by atoms with Crippen LogP contribution in [0.1, 0.15) is 5.69 Å². The van der Waals surface area contributed by atoms with E-state index in [0.29, 0.717) is 21.7 Å². The van der Waals surface area contributed by atoms with E-state index in [2.05, 4.69) is 4.98 Å². The largest absolute Gasteiger partial charge is 0.495 e. The second-order valence-electron chi connectivity index (χ2n) is 5.08. The van der Waals surface area contributed by atoms with Crippen molar-refractivity contribution in [2.45, 2.75) is 0 Å². The maximum Gasteiger partial charge on any atom is 0.273 e. The van der Waals surface area contributed by atoms with Crippen molar-refractivity contribution in [2.75, 3.05) is 7.11 Å². The molecule has 0 N–H and O–H groups in total. The highest BCUT2D eigenvalue weighted by Gasteiger charge is 2.14. The van der Waals surface area contributed by atoms with E-state index in [9.17, 15) is 15.3 Å². The van der Waals surface area contributed by atoms with E-state index in [-0.39, 0.29) is 15.8 Å². The molecule has 0 amide bonds. The number of hydrogen-bond donors (Lipinski definition) is 0. The minimum Gasteiger partial charge on any atom is -0.495 e. The molecule has 2 aromatic heterocycles. The molecule has 1 aromatic carbocycles. The molecule has 0 aliphatic carbocycles. The standard InChI is InChI=1S/C19H12N4O2S/c1-25-16-8-3-2-7-15(16)23-18(24)17(10-14-6-4-5-9-22-14)26-19(23)13(11-20)12-21/h2-10H,1H3/b17-10-. The summed E-state index contributed by atoms with van der Waals surface area (Å²) >= 11 is 1.07. The summed E-state index contributed by atoms with van der Waals surface area (Å²) in [5.41, 5.74) is 0.594. The molecule has 6 nitrogen and oxygen atoms in total.